The molecule has 0 saturated carbocycles. The van der Waals surface area contributed by atoms with Crippen LogP contribution in [0.25, 0.3) is 0 Å². The first kappa shape index (κ1) is 10.4. The van der Waals surface area contributed by atoms with Gasteiger partial charge in [0, 0.05) is 26.9 Å². The third-order valence-electron chi connectivity index (χ3n) is 1.69. The monoisotopic (exact) mass is 160 g/mol. The number of esters is 1. The van der Waals surface area contributed by atoms with Crippen LogP contribution in [0.4, 0.5) is 0 Å². The largest absolute Gasteiger partial charge is 0.433 e. The second-order valence-electron chi connectivity index (χ2n) is 2.52. The minimum atomic E-state index is -0.743. The quantitative estimate of drug-likeness (QED) is 0.464. The Balaban J connectivity index is 3.96. The molecule has 0 aliphatic heterocycles. The van der Waals surface area contributed by atoms with Crippen LogP contribution in [-0.4, -0.2) is 18.9 Å². The highest BCUT2D eigenvalue weighted by molar-refractivity contribution is 5.69. The van der Waals surface area contributed by atoms with Crippen LogP contribution in [0.3, 0.4) is 0 Å². The van der Waals surface area contributed by atoms with Gasteiger partial charge in [-0.3, -0.25) is 4.79 Å². The van der Waals surface area contributed by atoms with E-state index < -0.39 is 5.79 Å². The van der Waals surface area contributed by atoms with Gasteiger partial charge in [-0.15, -0.1) is 0 Å². The lowest BCUT2D eigenvalue weighted by Gasteiger charge is -2.26. The number of hydrogen-bond acceptors (Lipinski definition) is 3. The molecular formula is C8H16O3. The molecule has 0 amide bonds. The lowest BCUT2D eigenvalue weighted by atomic mass is 10.2. The van der Waals surface area contributed by atoms with Gasteiger partial charge in [-0.2, -0.15) is 0 Å². The van der Waals surface area contributed by atoms with E-state index in [1.54, 1.807) is 13.8 Å². The van der Waals surface area contributed by atoms with Gasteiger partial charge in [-0.1, -0.05) is 13.8 Å². The molecule has 0 aromatic heterocycles. The highest BCUT2D eigenvalue weighted by atomic mass is 16.7. The lowest BCUT2D eigenvalue weighted by Crippen LogP contribution is -2.32. The summed E-state index contributed by atoms with van der Waals surface area (Å²) in [6.07, 6.45) is 1.05. The van der Waals surface area contributed by atoms with Gasteiger partial charge in [0.05, 0.1) is 0 Å². The Hall–Kier alpha value is -0.570. The van der Waals surface area contributed by atoms with E-state index in [0.717, 1.165) is 0 Å². The Morgan fingerprint density at radius 1 is 1.45 bits per heavy atom. The lowest BCUT2D eigenvalue weighted by molar-refractivity contribution is -0.214. The Labute approximate surface area is 67.7 Å². The van der Waals surface area contributed by atoms with Crippen molar-refractivity contribution in [1.29, 1.82) is 0 Å². The first-order valence-electron chi connectivity index (χ1n) is 3.85. The van der Waals surface area contributed by atoms with Crippen molar-refractivity contribution in [2.75, 3.05) is 7.11 Å². The summed E-state index contributed by atoms with van der Waals surface area (Å²) in [5.41, 5.74) is 0. The second kappa shape index (κ2) is 4.34. The third-order valence-corrected chi connectivity index (χ3v) is 1.69. The summed E-state index contributed by atoms with van der Waals surface area (Å²) in [4.78, 5) is 10.8. The number of ether oxygens (including phenoxy) is 2. The summed E-state index contributed by atoms with van der Waals surface area (Å²) in [7, 11) is 1.53. The van der Waals surface area contributed by atoms with Crippen molar-refractivity contribution in [3.63, 3.8) is 0 Å². The zero-order chi connectivity index (χ0) is 8.91. The summed E-state index contributed by atoms with van der Waals surface area (Å²) < 4.78 is 10.0. The van der Waals surface area contributed by atoms with Gasteiger partial charge in [0.25, 0.3) is 0 Å². The van der Waals surface area contributed by atoms with E-state index >= 15 is 0 Å². The van der Waals surface area contributed by atoms with Gasteiger partial charge in [0.2, 0.25) is 5.79 Å². The summed E-state index contributed by atoms with van der Waals surface area (Å²) in [5.74, 6) is -0.969. The Kier molecular flexibility index (Phi) is 4.11. The van der Waals surface area contributed by atoms with Crippen molar-refractivity contribution >= 4 is 5.97 Å². The molecule has 0 heterocycles. The standard InChI is InChI=1S/C8H16O3/c1-5-7(9)11-8(3,6-2)10-4/h5-6H2,1-4H3. The van der Waals surface area contributed by atoms with Crippen LogP contribution in [-0.2, 0) is 14.3 Å². The molecule has 1 unspecified atom stereocenters. The fraction of sp³-hybridized carbons (Fsp3) is 0.875. The van der Waals surface area contributed by atoms with E-state index in [1.165, 1.54) is 7.11 Å². The SMILES string of the molecule is CCC(=O)OC(C)(CC)OC. The molecule has 0 aliphatic carbocycles. The second-order valence-corrected chi connectivity index (χ2v) is 2.52. The molecule has 0 aromatic carbocycles. The Morgan fingerprint density at radius 3 is 2.27 bits per heavy atom. The van der Waals surface area contributed by atoms with Gasteiger partial charge >= 0.3 is 5.97 Å². The molecule has 1 atom stereocenters. The van der Waals surface area contributed by atoms with Crippen molar-refractivity contribution in [3.05, 3.63) is 0 Å². The topological polar surface area (TPSA) is 35.5 Å². The molecule has 0 saturated heterocycles. The van der Waals surface area contributed by atoms with E-state index in [4.69, 9.17) is 9.47 Å². The Bertz CT molecular complexity index is 127. The maximum atomic E-state index is 10.8. The summed E-state index contributed by atoms with van der Waals surface area (Å²) in [6.45, 7) is 5.42. The summed E-state index contributed by atoms with van der Waals surface area (Å²) in [6, 6.07) is 0. The first-order valence-corrected chi connectivity index (χ1v) is 3.85. The predicted octanol–water partition coefficient (Wildman–Crippen LogP) is 1.71. The van der Waals surface area contributed by atoms with Crippen molar-refractivity contribution in [3.8, 4) is 0 Å². The molecule has 3 nitrogen and oxygen atoms in total. The molecule has 0 N–H and O–H groups in total. The molecular weight excluding hydrogens is 144 g/mol. The summed E-state index contributed by atoms with van der Waals surface area (Å²) in [5, 5.41) is 0. The van der Waals surface area contributed by atoms with E-state index in [2.05, 4.69) is 0 Å². The normalized spacial score (nSPS) is 15.6. The number of rotatable bonds is 4. The van der Waals surface area contributed by atoms with Crippen LogP contribution in [0, 0.1) is 0 Å². The fourth-order valence-electron chi connectivity index (χ4n) is 0.571. The number of methoxy groups -OCH3 is 1. The van der Waals surface area contributed by atoms with Crippen LogP contribution in [0.1, 0.15) is 33.6 Å². The van der Waals surface area contributed by atoms with Crippen molar-refractivity contribution in [1.82, 2.24) is 0 Å². The van der Waals surface area contributed by atoms with Crippen LogP contribution < -0.4 is 0 Å². The number of hydrogen-bond donors (Lipinski definition) is 0. The molecule has 0 aliphatic rings. The fourth-order valence-corrected chi connectivity index (χ4v) is 0.571. The zero-order valence-corrected chi connectivity index (χ0v) is 7.64. The first-order chi connectivity index (χ1) is 5.08. The predicted molar refractivity (Wildman–Crippen MR) is 42.1 cm³/mol. The number of carbonyl (C=O) groups excluding carboxylic acids is 1. The maximum Gasteiger partial charge on any atom is 0.307 e. The third kappa shape index (κ3) is 3.37. The zero-order valence-electron chi connectivity index (χ0n) is 7.64. The van der Waals surface area contributed by atoms with Gasteiger partial charge in [0.1, 0.15) is 0 Å². The molecule has 0 aromatic rings. The van der Waals surface area contributed by atoms with E-state index in [0.29, 0.717) is 12.8 Å². The highest BCUT2D eigenvalue weighted by Gasteiger charge is 2.24. The van der Waals surface area contributed by atoms with Crippen LogP contribution in [0.15, 0.2) is 0 Å². The van der Waals surface area contributed by atoms with E-state index in [-0.39, 0.29) is 5.97 Å². The number of carbonyl (C=O) groups is 1. The molecule has 0 rings (SSSR count). The van der Waals surface area contributed by atoms with Crippen molar-refractivity contribution in [2.24, 2.45) is 0 Å². The molecule has 0 fully saturated rings. The van der Waals surface area contributed by atoms with Crippen molar-refractivity contribution in [2.45, 2.75) is 39.4 Å². The van der Waals surface area contributed by atoms with E-state index in [9.17, 15) is 4.79 Å². The van der Waals surface area contributed by atoms with Crippen LogP contribution in [0.5, 0.6) is 0 Å². The molecule has 0 spiro atoms. The molecule has 66 valence electrons. The molecule has 3 heteroatoms. The molecule has 11 heavy (non-hydrogen) atoms. The Morgan fingerprint density at radius 2 is 2.00 bits per heavy atom. The average Bonchev–Trinajstić information content (AvgIpc) is 2.04. The molecule has 0 radical (unpaired) electrons. The van der Waals surface area contributed by atoms with Gasteiger partial charge in [-0.25, -0.2) is 0 Å². The van der Waals surface area contributed by atoms with Crippen LogP contribution >= 0.6 is 0 Å². The smallest absolute Gasteiger partial charge is 0.307 e. The maximum absolute atomic E-state index is 10.8. The minimum absolute atomic E-state index is 0.226. The van der Waals surface area contributed by atoms with E-state index in [1.807, 2.05) is 6.92 Å². The highest BCUT2D eigenvalue weighted by Crippen LogP contribution is 2.16. The van der Waals surface area contributed by atoms with Crippen LogP contribution in [0.2, 0.25) is 0 Å². The minimum Gasteiger partial charge on any atom is -0.433 e. The molecule has 0 bridgehead atoms. The van der Waals surface area contributed by atoms with Gasteiger partial charge in [-0.05, 0) is 0 Å². The average molecular weight is 160 g/mol. The van der Waals surface area contributed by atoms with Crippen molar-refractivity contribution < 1.29 is 14.3 Å². The summed E-state index contributed by atoms with van der Waals surface area (Å²) >= 11 is 0. The van der Waals surface area contributed by atoms with Gasteiger partial charge in [0.15, 0.2) is 0 Å². The van der Waals surface area contributed by atoms with Gasteiger partial charge < -0.3 is 9.47 Å².